The fourth-order valence-corrected chi connectivity index (χ4v) is 7.80. The van der Waals surface area contributed by atoms with Crippen LogP contribution in [0, 0.1) is 17.3 Å². The van der Waals surface area contributed by atoms with Gasteiger partial charge in [-0.25, -0.2) is 0 Å². The summed E-state index contributed by atoms with van der Waals surface area (Å²) in [7, 11) is 0. The van der Waals surface area contributed by atoms with Gasteiger partial charge in [0.25, 0.3) is 0 Å². The second-order valence-electron chi connectivity index (χ2n) is 12.4. The molecule has 0 unspecified atom stereocenters. The Labute approximate surface area is 318 Å². The molecule has 0 amide bonds. The lowest BCUT2D eigenvalue weighted by molar-refractivity contribution is 0.936. The first-order valence-corrected chi connectivity index (χ1v) is 18.7. The van der Waals surface area contributed by atoms with E-state index in [0.29, 0.717) is 45.3 Å². The van der Waals surface area contributed by atoms with Crippen molar-refractivity contribution >= 4 is 46.4 Å². The van der Waals surface area contributed by atoms with E-state index in [4.69, 9.17) is 45.5 Å². The summed E-state index contributed by atoms with van der Waals surface area (Å²) in [6, 6.07) is 30.5. The van der Waals surface area contributed by atoms with Gasteiger partial charge in [0.2, 0.25) is 0 Å². The fourth-order valence-electron chi connectivity index (χ4n) is 5.82. The third kappa shape index (κ3) is 11.7. The summed E-state index contributed by atoms with van der Waals surface area (Å²) in [6.45, 7) is 1.53. The number of amidine groups is 1. The monoisotopic (exact) mass is 743 g/mol. The van der Waals surface area contributed by atoms with Crippen LogP contribution < -0.4 is 40.1 Å². The first kappa shape index (κ1) is 38.1. The summed E-state index contributed by atoms with van der Waals surface area (Å²) in [4.78, 5) is 17.2. The van der Waals surface area contributed by atoms with Crippen molar-refractivity contribution in [2.75, 3.05) is 19.6 Å². The number of nitrogens with zero attached hydrogens (tertiary/aromatic N) is 3. The van der Waals surface area contributed by atoms with Crippen LogP contribution in [0.15, 0.2) is 99.9 Å². The number of benzene rings is 3. The molecule has 0 bridgehead atoms. The van der Waals surface area contributed by atoms with E-state index in [1.54, 1.807) is 22.7 Å². The second-order valence-corrected chi connectivity index (χ2v) is 14.5. The summed E-state index contributed by atoms with van der Waals surface area (Å²) in [6.07, 6.45) is 3.48. The minimum Gasteiger partial charge on any atom is -0.377 e. The van der Waals surface area contributed by atoms with Gasteiger partial charge >= 0.3 is 0 Å². The summed E-state index contributed by atoms with van der Waals surface area (Å²) >= 11 is 3.51. The van der Waals surface area contributed by atoms with Crippen molar-refractivity contribution in [1.29, 1.82) is 5.41 Å². The number of rotatable bonds is 15. The Balaban J connectivity index is 1.39. The zero-order valence-electron chi connectivity index (χ0n) is 29.4. The van der Waals surface area contributed by atoms with Crippen LogP contribution in [0.1, 0.15) is 28.7 Å². The number of nitrogens with one attached hydrogen (secondary N) is 1. The van der Waals surface area contributed by atoms with E-state index in [1.165, 1.54) is 19.5 Å². The highest BCUT2D eigenvalue weighted by Gasteiger charge is 2.12. The number of thiophene rings is 2. The molecular formula is C40H45N11S2. The molecule has 0 saturated heterocycles. The minimum absolute atomic E-state index is 0.0834. The maximum atomic E-state index is 7.37. The normalized spacial score (nSPS) is 10.6. The molecule has 0 aliphatic rings. The lowest BCUT2D eigenvalue weighted by atomic mass is 9.99. The van der Waals surface area contributed by atoms with E-state index < -0.39 is 0 Å². The van der Waals surface area contributed by atoms with Crippen molar-refractivity contribution in [3.63, 3.8) is 0 Å². The molecule has 3 aromatic carbocycles. The summed E-state index contributed by atoms with van der Waals surface area (Å²) in [5.41, 5.74) is 48.0. The molecule has 2 aromatic heterocycles. The Bertz CT molecular complexity index is 2160. The lowest BCUT2D eigenvalue weighted by Gasteiger charge is -2.09. The van der Waals surface area contributed by atoms with Crippen molar-refractivity contribution in [3.8, 4) is 53.6 Å². The van der Waals surface area contributed by atoms with E-state index in [9.17, 15) is 0 Å². The molecule has 2 heterocycles. The molecular weight excluding hydrogens is 699 g/mol. The van der Waals surface area contributed by atoms with Crippen LogP contribution in [0.4, 0.5) is 0 Å². The molecule has 11 nitrogen and oxygen atoms in total. The van der Waals surface area contributed by atoms with Crippen molar-refractivity contribution in [3.05, 3.63) is 107 Å². The molecule has 15 N–H and O–H groups in total. The number of nitrogens with two attached hydrogens (primary N) is 7. The van der Waals surface area contributed by atoms with Gasteiger partial charge in [0, 0.05) is 45.6 Å². The Hall–Kier alpha value is -6.10. The van der Waals surface area contributed by atoms with Gasteiger partial charge < -0.3 is 40.1 Å². The molecule has 0 spiro atoms. The molecule has 0 aliphatic carbocycles. The Morgan fingerprint density at radius 2 is 0.868 bits per heavy atom. The van der Waals surface area contributed by atoms with Gasteiger partial charge in [-0.2, -0.15) is 0 Å². The van der Waals surface area contributed by atoms with Crippen LogP contribution in [0.5, 0.6) is 0 Å². The molecule has 272 valence electrons. The SMILES string of the molecule is N=C(N)C#CCCc1cc(CCN=C(N)N)cc(-c2ccc(-c3cccc(-c4ccc(-c5cc(CCN=C(N)N)cc(CCN=C(N)N)c5)s4)c3)s2)c1. The zero-order chi connectivity index (χ0) is 37.7. The molecule has 5 rings (SSSR count). The number of aliphatic imine (C=N–C) groups is 3. The Morgan fingerprint density at radius 1 is 0.491 bits per heavy atom. The Morgan fingerprint density at radius 3 is 1.25 bits per heavy atom. The summed E-state index contributed by atoms with van der Waals surface area (Å²) in [5, 5.41) is 7.37. The van der Waals surface area contributed by atoms with Crippen LogP contribution >= 0.6 is 22.7 Å². The van der Waals surface area contributed by atoms with Gasteiger partial charge in [-0.05, 0) is 106 Å². The van der Waals surface area contributed by atoms with Crippen LogP contribution in [0.3, 0.4) is 0 Å². The molecule has 5 aromatic rings. The van der Waals surface area contributed by atoms with E-state index in [2.05, 4.69) is 112 Å². The van der Waals surface area contributed by atoms with Crippen LogP contribution in [0.2, 0.25) is 0 Å². The molecule has 0 atom stereocenters. The first-order chi connectivity index (χ1) is 25.5. The van der Waals surface area contributed by atoms with Gasteiger partial charge in [-0.1, -0.05) is 60.5 Å². The van der Waals surface area contributed by atoms with E-state index in [0.717, 1.165) is 50.9 Å². The topological polar surface area (TPSA) is 243 Å². The Kier molecular flexibility index (Phi) is 13.2. The number of guanidine groups is 3. The average molecular weight is 744 g/mol. The first-order valence-electron chi connectivity index (χ1n) is 17.1. The molecule has 13 heteroatoms. The molecule has 0 aliphatic heterocycles. The van der Waals surface area contributed by atoms with Crippen molar-refractivity contribution in [1.82, 2.24) is 0 Å². The highest BCUT2D eigenvalue weighted by Crippen LogP contribution is 2.39. The molecule has 0 fully saturated rings. The van der Waals surface area contributed by atoms with Crippen molar-refractivity contribution < 1.29 is 0 Å². The number of hydrogen-bond donors (Lipinski definition) is 8. The highest BCUT2D eigenvalue weighted by molar-refractivity contribution is 7.19. The molecule has 53 heavy (non-hydrogen) atoms. The average Bonchev–Trinajstić information content (AvgIpc) is 3.81. The van der Waals surface area contributed by atoms with Gasteiger partial charge in [0.05, 0.1) is 0 Å². The van der Waals surface area contributed by atoms with Crippen LogP contribution in [-0.2, 0) is 25.7 Å². The third-order valence-corrected chi connectivity index (χ3v) is 10.5. The van der Waals surface area contributed by atoms with E-state index in [-0.39, 0.29) is 23.7 Å². The zero-order valence-corrected chi connectivity index (χ0v) is 31.1. The molecule has 0 radical (unpaired) electrons. The largest absolute Gasteiger partial charge is 0.377 e. The maximum absolute atomic E-state index is 7.37. The van der Waals surface area contributed by atoms with Gasteiger partial charge in [0.1, 0.15) is 0 Å². The van der Waals surface area contributed by atoms with Crippen molar-refractivity contribution in [2.45, 2.75) is 32.1 Å². The summed E-state index contributed by atoms with van der Waals surface area (Å²) in [5.74, 6) is 5.75. The van der Waals surface area contributed by atoms with Crippen molar-refractivity contribution in [2.24, 2.45) is 55.1 Å². The van der Waals surface area contributed by atoms with E-state index >= 15 is 0 Å². The number of hydrogen-bond acceptors (Lipinski definition) is 6. The third-order valence-electron chi connectivity index (χ3n) is 8.16. The standard InChI is InChI=1S/C40H45N11S2/c41-37(42)7-2-1-4-25-18-26(12-15-49-38(43)44)21-31(20-25)35-10-8-33(52-35)29-5-3-6-30(24-29)34-9-11-36(53-34)32-22-27(13-16-50-39(45)46)19-28(23-32)14-17-51-40(47)48/h3,5-6,8-11,18-24H,1,4,12-17H2,(H3,41,42)(H4,43,44,49)(H4,45,46,50)(H4,47,48,51). The van der Waals surface area contributed by atoms with Gasteiger partial charge in [-0.3, -0.25) is 20.4 Å². The van der Waals surface area contributed by atoms with Gasteiger partial charge in [-0.15, -0.1) is 22.7 Å². The minimum atomic E-state index is -0.126. The lowest BCUT2D eigenvalue weighted by Crippen LogP contribution is -2.23. The highest BCUT2D eigenvalue weighted by atomic mass is 32.1. The smallest absolute Gasteiger partial charge is 0.185 e. The van der Waals surface area contributed by atoms with Gasteiger partial charge in [0.15, 0.2) is 23.7 Å². The fraction of sp³-hybridized carbons (Fsp3) is 0.200. The summed E-state index contributed by atoms with van der Waals surface area (Å²) < 4.78 is 0. The number of aryl methyl sites for hydroxylation is 1. The predicted molar refractivity (Wildman–Crippen MR) is 225 cm³/mol. The predicted octanol–water partition coefficient (Wildman–Crippen LogP) is 4.80. The molecule has 0 saturated carbocycles. The van der Waals surface area contributed by atoms with E-state index in [1.807, 2.05) is 0 Å². The maximum Gasteiger partial charge on any atom is 0.185 e. The quantitative estimate of drug-likeness (QED) is 0.0423. The van der Waals surface area contributed by atoms with Crippen LogP contribution in [0.25, 0.3) is 41.8 Å². The van der Waals surface area contributed by atoms with Crippen LogP contribution in [-0.4, -0.2) is 43.3 Å². The second kappa shape index (κ2) is 18.4.